The molecule has 0 atom stereocenters. The maximum atomic E-state index is 12.1. The van der Waals surface area contributed by atoms with Gasteiger partial charge in [0.2, 0.25) is 0 Å². The van der Waals surface area contributed by atoms with Crippen LogP contribution in [0.4, 0.5) is 14.5 Å². The molecule has 0 bridgehead atoms. The lowest BCUT2D eigenvalue weighted by atomic mass is 10.2. The molecule has 0 unspecified atom stereocenters. The summed E-state index contributed by atoms with van der Waals surface area (Å²) in [7, 11) is 0. The zero-order valence-corrected chi connectivity index (χ0v) is 7.68. The first kappa shape index (κ1) is 8.70. The molecule has 0 aliphatic heterocycles. The molecule has 0 heterocycles. The van der Waals surface area contributed by atoms with E-state index in [1.807, 2.05) is 22.6 Å². The van der Waals surface area contributed by atoms with Gasteiger partial charge in [0.15, 0.2) is 0 Å². The maximum Gasteiger partial charge on any atom is 0.263 e. The lowest BCUT2D eigenvalue weighted by molar-refractivity contribution is 0.151. The van der Waals surface area contributed by atoms with Crippen LogP contribution >= 0.6 is 22.6 Å². The second kappa shape index (κ2) is 3.34. The molecule has 11 heavy (non-hydrogen) atoms. The second-order valence-electron chi connectivity index (χ2n) is 2.12. The molecule has 0 radical (unpaired) electrons. The average Bonchev–Trinajstić information content (AvgIpc) is 1.85. The van der Waals surface area contributed by atoms with E-state index < -0.39 is 6.43 Å². The largest absolute Gasteiger partial charge is 0.399 e. The minimum Gasteiger partial charge on any atom is -0.399 e. The number of nitrogens with two attached hydrogens (primary N) is 1. The minimum absolute atomic E-state index is 0.0191. The van der Waals surface area contributed by atoms with Crippen LogP contribution in [0.5, 0.6) is 0 Å². The SMILES string of the molecule is Nc1cc(I)cc(C(F)F)c1. The Morgan fingerprint density at radius 3 is 2.36 bits per heavy atom. The highest BCUT2D eigenvalue weighted by molar-refractivity contribution is 14.1. The number of alkyl halides is 2. The Hall–Kier alpha value is -0.390. The van der Waals surface area contributed by atoms with E-state index in [2.05, 4.69) is 0 Å². The van der Waals surface area contributed by atoms with E-state index in [9.17, 15) is 8.78 Å². The van der Waals surface area contributed by atoms with Crippen molar-refractivity contribution in [1.29, 1.82) is 0 Å². The zero-order valence-electron chi connectivity index (χ0n) is 5.52. The molecule has 1 rings (SSSR count). The summed E-state index contributed by atoms with van der Waals surface area (Å²) in [4.78, 5) is 0. The number of halogens is 3. The van der Waals surface area contributed by atoms with Crippen molar-refractivity contribution >= 4 is 28.3 Å². The molecule has 0 spiro atoms. The molecular formula is C7H6F2IN. The van der Waals surface area contributed by atoms with Gasteiger partial charge in [0.1, 0.15) is 0 Å². The van der Waals surface area contributed by atoms with Crippen molar-refractivity contribution in [1.82, 2.24) is 0 Å². The van der Waals surface area contributed by atoms with Crippen LogP contribution in [0.25, 0.3) is 0 Å². The van der Waals surface area contributed by atoms with Crippen molar-refractivity contribution < 1.29 is 8.78 Å². The molecule has 0 aliphatic carbocycles. The van der Waals surface area contributed by atoms with E-state index in [0.29, 0.717) is 5.69 Å². The van der Waals surface area contributed by atoms with Gasteiger partial charge in [-0.25, -0.2) is 8.78 Å². The van der Waals surface area contributed by atoms with Crippen molar-refractivity contribution in [2.24, 2.45) is 0 Å². The summed E-state index contributed by atoms with van der Waals surface area (Å²) in [6.45, 7) is 0. The van der Waals surface area contributed by atoms with Crippen LogP contribution in [-0.2, 0) is 0 Å². The van der Waals surface area contributed by atoms with Gasteiger partial charge in [-0.15, -0.1) is 0 Å². The van der Waals surface area contributed by atoms with Crippen molar-refractivity contribution in [2.45, 2.75) is 6.43 Å². The Labute approximate surface area is 76.7 Å². The summed E-state index contributed by atoms with van der Waals surface area (Å²) in [6.07, 6.45) is -2.44. The number of benzene rings is 1. The second-order valence-corrected chi connectivity index (χ2v) is 3.36. The first-order chi connectivity index (χ1) is 5.09. The van der Waals surface area contributed by atoms with Gasteiger partial charge in [0.25, 0.3) is 6.43 Å². The third-order valence-corrected chi connectivity index (χ3v) is 1.82. The van der Waals surface area contributed by atoms with Crippen LogP contribution in [0.15, 0.2) is 18.2 Å². The van der Waals surface area contributed by atoms with Gasteiger partial charge in [-0.1, -0.05) is 0 Å². The Morgan fingerprint density at radius 2 is 1.91 bits per heavy atom. The normalized spacial score (nSPS) is 10.5. The van der Waals surface area contributed by atoms with E-state index in [0.717, 1.165) is 3.57 Å². The molecule has 0 aliphatic rings. The third kappa shape index (κ3) is 2.28. The van der Waals surface area contributed by atoms with Crippen molar-refractivity contribution in [3.05, 3.63) is 27.3 Å². The zero-order chi connectivity index (χ0) is 8.43. The van der Waals surface area contributed by atoms with Gasteiger partial charge >= 0.3 is 0 Å². The first-order valence-electron chi connectivity index (χ1n) is 2.93. The van der Waals surface area contributed by atoms with Gasteiger partial charge < -0.3 is 5.73 Å². The van der Waals surface area contributed by atoms with Gasteiger partial charge in [0.05, 0.1) is 0 Å². The molecule has 0 amide bonds. The first-order valence-corrected chi connectivity index (χ1v) is 4.01. The number of hydrogen-bond acceptors (Lipinski definition) is 1. The van der Waals surface area contributed by atoms with Crippen LogP contribution in [0.3, 0.4) is 0 Å². The average molecular weight is 269 g/mol. The molecule has 1 aromatic rings. The van der Waals surface area contributed by atoms with Gasteiger partial charge in [-0.2, -0.15) is 0 Å². The Morgan fingerprint density at radius 1 is 1.27 bits per heavy atom. The highest BCUT2D eigenvalue weighted by atomic mass is 127. The Balaban J connectivity index is 3.08. The number of rotatable bonds is 1. The molecular weight excluding hydrogens is 263 g/mol. The summed E-state index contributed by atoms with van der Waals surface area (Å²) in [5.41, 5.74) is 5.72. The van der Waals surface area contributed by atoms with E-state index in [-0.39, 0.29) is 5.56 Å². The summed E-state index contributed by atoms with van der Waals surface area (Å²) in [5.74, 6) is 0. The van der Waals surface area contributed by atoms with E-state index >= 15 is 0 Å². The van der Waals surface area contributed by atoms with E-state index in [4.69, 9.17) is 5.73 Å². The summed E-state index contributed by atoms with van der Waals surface area (Å²) in [5, 5.41) is 0. The van der Waals surface area contributed by atoms with Crippen LogP contribution in [0.2, 0.25) is 0 Å². The maximum absolute atomic E-state index is 12.1. The highest BCUT2D eigenvalue weighted by Crippen LogP contribution is 2.23. The molecule has 4 heteroatoms. The summed E-state index contributed by atoms with van der Waals surface area (Å²) >= 11 is 1.95. The summed E-state index contributed by atoms with van der Waals surface area (Å²) in [6, 6.07) is 4.35. The lowest BCUT2D eigenvalue weighted by Crippen LogP contribution is -1.90. The van der Waals surface area contributed by atoms with Crippen molar-refractivity contribution in [2.75, 3.05) is 5.73 Å². The molecule has 1 nitrogen and oxygen atoms in total. The smallest absolute Gasteiger partial charge is 0.263 e. The van der Waals surface area contributed by atoms with Gasteiger partial charge in [-0.3, -0.25) is 0 Å². The van der Waals surface area contributed by atoms with E-state index in [1.165, 1.54) is 12.1 Å². The predicted molar refractivity (Wildman–Crippen MR) is 48.5 cm³/mol. The van der Waals surface area contributed by atoms with Crippen molar-refractivity contribution in [3.63, 3.8) is 0 Å². The van der Waals surface area contributed by atoms with E-state index in [1.54, 1.807) is 6.07 Å². The third-order valence-electron chi connectivity index (χ3n) is 1.19. The minimum atomic E-state index is -2.44. The van der Waals surface area contributed by atoms with Crippen LogP contribution < -0.4 is 5.73 Å². The van der Waals surface area contributed by atoms with Crippen LogP contribution in [0, 0.1) is 3.57 Å². The Bertz CT molecular complexity index is 242. The molecule has 0 saturated heterocycles. The number of nitrogen functional groups attached to an aromatic ring is 1. The van der Waals surface area contributed by atoms with Gasteiger partial charge in [0, 0.05) is 14.8 Å². The predicted octanol–water partition coefficient (Wildman–Crippen LogP) is 2.81. The standard InChI is InChI=1S/C7H6F2IN/c8-7(9)4-1-5(10)3-6(11)2-4/h1-3,7H,11H2. The summed E-state index contributed by atoms with van der Waals surface area (Å²) < 4.78 is 24.9. The topological polar surface area (TPSA) is 26.0 Å². The fraction of sp³-hybridized carbons (Fsp3) is 0.143. The number of hydrogen-bond donors (Lipinski definition) is 1. The number of anilines is 1. The monoisotopic (exact) mass is 269 g/mol. The fourth-order valence-electron chi connectivity index (χ4n) is 0.762. The van der Waals surface area contributed by atoms with Gasteiger partial charge in [-0.05, 0) is 40.8 Å². The Kier molecular flexibility index (Phi) is 2.64. The van der Waals surface area contributed by atoms with Crippen molar-refractivity contribution in [3.8, 4) is 0 Å². The van der Waals surface area contributed by atoms with Crippen LogP contribution in [0.1, 0.15) is 12.0 Å². The molecule has 0 aromatic heterocycles. The lowest BCUT2D eigenvalue weighted by Gasteiger charge is -2.01. The highest BCUT2D eigenvalue weighted by Gasteiger charge is 2.07. The molecule has 0 saturated carbocycles. The molecule has 0 fully saturated rings. The molecule has 60 valence electrons. The molecule has 1 aromatic carbocycles. The van der Waals surface area contributed by atoms with Crippen LogP contribution in [-0.4, -0.2) is 0 Å². The molecule has 2 N–H and O–H groups in total. The quantitative estimate of drug-likeness (QED) is 0.615. The fourth-order valence-corrected chi connectivity index (χ4v) is 1.48.